The molecule has 1 atom stereocenters. The van der Waals surface area contributed by atoms with Crippen LogP contribution in [0.4, 0.5) is 5.69 Å². The van der Waals surface area contributed by atoms with Crippen molar-refractivity contribution in [2.75, 3.05) is 11.5 Å². The Hall–Kier alpha value is -6.50. The first kappa shape index (κ1) is 39.6. The van der Waals surface area contributed by atoms with Crippen LogP contribution in [0.1, 0.15) is 105 Å². The second-order valence-electron chi connectivity index (χ2n) is 16.7. The number of Topliss-reactive ketones (excluding diaryl/α,β-unsaturated/α-hetero) is 2. The number of hydrogen-bond donors (Lipinski definition) is 1. The molecule has 1 aliphatic heterocycles. The Balaban J connectivity index is 0.919. The lowest BCUT2D eigenvalue weighted by atomic mass is 9.95. The van der Waals surface area contributed by atoms with Gasteiger partial charge in [-0.2, -0.15) is 0 Å². The number of para-hydroxylation sites is 1. The summed E-state index contributed by atoms with van der Waals surface area (Å²) in [6.07, 6.45) is 9.72. The maximum atomic E-state index is 14.3. The van der Waals surface area contributed by atoms with Gasteiger partial charge in [0.05, 0.1) is 44.5 Å². The van der Waals surface area contributed by atoms with E-state index in [2.05, 4.69) is 35.7 Å². The van der Waals surface area contributed by atoms with Gasteiger partial charge in [0, 0.05) is 27.7 Å². The van der Waals surface area contributed by atoms with Gasteiger partial charge in [-0.3, -0.25) is 24.0 Å². The van der Waals surface area contributed by atoms with E-state index in [1.54, 1.807) is 53.8 Å². The first-order valence-corrected chi connectivity index (χ1v) is 22.4. The third-order valence-electron chi connectivity index (χ3n) is 11.8. The number of nitrogens with one attached hydrogen (secondary N) is 1. The van der Waals surface area contributed by atoms with Crippen LogP contribution in [-0.4, -0.2) is 44.9 Å². The van der Waals surface area contributed by atoms with Crippen LogP contribution in [0.3, 0.4) is 0 Å². The maximum Gasteiger partial charge on any atom is 0.266 e. The highest BCUT2D eigenvalue weighted by Gasteiger charge is 2.43. The third kappa shape index (κ3) is 7.06. The first-order chi connectivity index (χ1) is 30.0. The summed E-state index contributed by atoms with van der Waals surface area (Å²) in [5.41, 5.74) is 3.70. The van der Waals surface area contributed by atoms with Crippen molar-refractivity contribution in [2.24, 2.45) is 11.8 Å². The summed E-state index contributed by atoms with van der Waals surface area (Å²) in [7, 11) is 0. The number of thiazole rings is 1. The maximum absolute atomic E-state index is 14.3. The number of H-pyrrole nitrogens is 1. The van der Waals surface area contributed by atoms with E-state index in [9.17, 15) is 24.0 Å². The Morgan fingerprint density at radius 1 is 0.806 bits per heavy atom. The van der Waals surface area contributed by atoms with E-state index in [0.717, 1.165) is 49.9 Å². The van der Waals surface area contributed by atoms with Crippen molar-refractivity contribution in [3.63, 3.8) is 0 Å². The van der Waals surface area contributed by atoms with E-state index in [4.69, 9.17) is 4.74 Å². The molecule has 2 aromatic heterocycles. The molecule has 5 aromatic carbocycles. The summed E-state index contributed by atoms with van der Waals surface area (Å²) in [6.45, 7) is 7.23. The number of anilines is 1. The third-order valence-corrected chi connectivity index (χ3v) is 13.9. The number of rotatable bonds is 12. The minimum Gasteiger partial charge on any atom is -0.494 e. The molecule has 0 saturated heterocycles. The van der Waals surface area contributed by atoms with Crippen molar-refractivity contribution in [2.45, 2.75) is 61.6 Å². The molecule has 62 heavy (non-hydrogen) atoms. The number of aromatic amines is 1. The predicted molar refractivity (Wildman–Crippen MR) is 244 cm³/mol. The molecule has 3 heterocycles. The molecular formula is C50H40N4O6S2. The van der Waals surface area contributed by atoms with Crippen molar-refractivity contribution in [3.05, 3.63) is 147 Å². The topological polar surface area (TPSA) is 139 Å². The number of ketones is 2. The zero-order valence-corrected chi connectivity index (χ0v) is 35.8. The van der Waals surface area contributed by atoms with E-state index in [-0.39, 0.29) is 28.1 Å². The number of ether oxygens (including phenoxy) is 1. The summed E-state index contributed by atoms with van der Waals surface area (Å²) in [4.78, 5) is 84.2. The molecule has 0 fully saturated rings. The number of carbonyl (C=O) groups excluding carboxylic acids is 4. The summed E-state index contributed by atoms with van der Waals surface area (Å²) in [5.74, 6) is -1.57. The van der Waals surface area contributed by atoms with Crippen molar-refractivity contribution >= 4 is 89.6 Å². The smallest absolute Gasteiger partial charge is 0.266 e. The lowest BCUT2D eigenvalue weighted by Crippen LogP contribution is -2.30. The van der Waals surface area contributed by atoms with Crippen LogP contribution < -0.4 is 15.2 Å². The molecule has 2 aliphatic carbocycles. The zero-order valence-electron chi connectivity index (χ0n) is 34.2. The van der Waals surface area contributed by atoms with Crippen LogP contribution in [0, 0.1) is 11.8 Å². The Bertz CT molecular complexity index is 3090. The van der Waals surface area contributed by atoms with E-state index < -0.39 is 34.9 Å². The van der Waals surface area contributed by atoms with Crippen molar-refractivity contribution < 1.29 is 23.9 Å². The van der Waals surface area contributed by atoms with E-state index >= 15 is 0 Å². The molecule has 2 amide bonds. The van der Waals surface area contributed by atoms with E-state index in [0.29, 0.717) is 58.0 Å². The number of amides is 2. The number of carbonyl (C=O) groups is 4. The molecule has 0 radical (unpaired) electrons. The molecule has 12 heteroatoms. The normalized spacial score (nSPS) is 15.5. The fourth-order valence-electron chi connectivity index (χ4n) is 8.92. The van der Waals surface area contributed by atoms with Gasteiger partial charge in [0.1, 0.15) is 17.5 Å². The second kappa shape index (κ2) is 15.8. The van der Waals surface area contributed by atoms with Crippen molar-refractivity contribution in [3.8, 4) is 5.75 Å². The van der Waals surface area contributed by atoms with Crippen LogP contribution in [0.25, 0.3) is 37.5 Å². The lowest BCUT2D eigenvalue weighted by molar-refractivity contribution is 0.0880. The van der Waals surface area contributed by atoms with Gasteiger partial charge < -0.3 is 9.72 Å². The average molecular weight is 857 g/mol. The largest absolute Gasteiger partial charge is 0.494 e. The van der Waals surface area contributed by atoms with Gasteiger partial charge in [0.25, 0.3) is 17.4 Å². The molecule has 3 aliphatic rings. The van der Waals surface area contributed by atoms with Crippen LogP contribution >= 0.6 is 23.1 Å². The predicted octanol–water partition coefficient (Wildman–Crippen LogP) is 11.0. The standard InChI is InChI=1S/C50H40N4O6S2/c1-26(2)19-27(3)9-8-18-60-31-14-16-33(28-10-4-5-11-28)41(24-31)54-48(58)36-22-29-20-34-35(21-30(29)23-37(36)49(54)59)45(56)43(44(34)55)46-51-39-17-15-32(25-38(39)47(57)53-46)61-50-52-40-12-6-7-13-42(40)62-50/h4-7,10,12-17,20-27,43H,8-9,11,18-19H2,1-3H3,(H,51,53,57). The van der Waals surface area contributed by atoms with Gasteiger partial charge in [0.15, 0.2) is 15.9 Å². The number of benzene rings is 5. The quantitative estimate of drug-likeness (QED) is 0.0722. The number of hydrogen-bond acceptors (Lipinski definition) is 10. The van der Waals surface area contributed by atoms with Crippen LogP contribution in [0.2, 0.25) is 0 Å². The second-order valence-corrected chi connectivity index (χ2v) is 19.0. The fraction of sp³-hybridized carbons (Fsp3) is 0.220. The molecule has 0 saturated carbocycles. The van der Waals surface area contributed by atoms with Gasteiger partial charge in [-0.05, 0) is 121 Å². The minimum atomic E-state index is -1.35. The molecule has 0 bridgehead atoms. The lowest BCUT2D eigenvalue weighted by Gasteiger charge is -2.20. The Kier molecular flexibility index (Phi) is 10.1. The zero-order chi connectivity index (χ0) is 42.8. The van der Waals surface area contributed by atoms with E-state index in [1.807, 2.05) is 60.7 Å². The summed E-state index contributed by atoms with van der Waals surface area (Å²) in [6, 6.07) is 25.1. The fourth-order valence-corrected chi connectivity index (χ4v) is 11.0. The SMILES string of the molecule is CC(C)CC(C)CCCOc1ccc(C2=CC=CC2)c(N2C(=O)c3cc4cc5c(cc4cc3C2=O)C(=O)C(c2nc3ccc(Sc4nc6ccccc6s4)cc3c(=O)[nH]2)C5=O)c1. The Morgan fingerprint density at radius 2 is 1.53 bits per heavy atom. The van der Waals surface area contributed by atoms with Gasteiger partial charge in [-0.15, -0.1) is 11.3 Å². The molecule has 1 unspecified atom stereocenters. The van der Waals surface area contributed by atoms with Gasteiger partial charge in [-0.25, -0.2) is 14.9 Å². The molecule has 7 aromatic rings. The van der Waals surface area contributed by atoms with Crippen LogP contribution in [0.5, 0.6) is 5.75 Å². The van der Waals surface area contributed by atoms with Crippen LogP contribution in [-0.2, 0) is 0 Å². The van der Waals surface area contributed by atoms with Crippen molar-refractivity contribution in [1.82, 2.24) is 15.0 Å². The average Bonchev–Trinajstić information content (AvgIpc) is 4.03. The highest BCUT2D eigenvalue weighted by atomic mass is 32.2. The summed E-state index contributed by atoms with van der Waals surface area (Å²) in [5, 5.41) is 1.37. The Labute approximate surface area is 364 Å². The molecule has 0 spiro atoms. The van der Waals surface area contributed by atoms with Gasteiger partial charge in [-0.1, -0.05) is 62.9 Å². The first-order valence-electron chi connectivity index (χ1n) is 20.8. The number of allylic oxidation sites excluding steroid dienone is 4. The Morgan fingerprint density at radius 3 is 2.23 bits per heavy atom. The molecular weight excluding hydrogens is 817 g/mol. The van der Waals surface area contributed by atoms with Crippen molar-refractivity contribution in [1.29, 1.82) is 0 Å². The summed E-state index contributed by atoms with van der Waals surface area (Å²) >= 11 is 3.00. The molecule has 1 N–H and O–H groups in total. The summed E-state index contributed by atoms with van der Waals surface area (Å²) < 4.78 is 8.08. The van der Waals surface area contributed by atoms with E-state index in [1.165, 1.54) is 16.7 Å². The molecule has 10 nitrogen and oxygen atoms in total. The number of nitrogens with zero attached hydrogens (tertiary/aromatic N) is 3. The van der Waals surface area contributed by atoms with Gasteiger partial charge >= 0.3 is 0 Å². The number of fused-ring (bicyclic) bond motifs is 5. The number of aromatic nitrogens is 3. The number of imide groups is 1. The molecule has 10 rings (SSSR count). The highest BCUT2D eigenvalue weighted by molar-refractivity contribution is 8.01. The monoisotopic (exact) mass is 856 g/mol. The molecule has 308 valence electrons. The van der Waals surface area contributed by atoms with Crippen LogP contribution in [0.15, 0.2) is 117 Å². The highest BCUT2D eigenvalue weighted by Crippen LogP contribution is 2.42. The minimum absolute atomic E-state index is 0.0388. The van der Waals surface area contributed by atoms with Gasteiger partial charge in [0.2, 0.25) is 0 Å².